The zero-order chi connectivity index (χ0) is 30.7. The van der Waals surface area contributed by atoms with Gasteiger partial charge >= 0.3 is 18.4 Å². The monoisotopic (exact) mass is 596 g/mol. The van der Waals surface area contributed by atoms with Crippen LogP contribution in [0.3, 0.4) is 0 Å². The first-order chi connectivity index (χ1) is 19.6. The predicted molar refractivity (Wildman–Crippen MR) is 144 cm³/mol. The molecule has 3 heterocycles. The molecule has 0 saturated carbocycles. The van der Waals surface area contributed by atoms with Crippen LogP contribution in [0.4, 0.5) is 31.1 Å². The highest BCUT2D eigenvalue weighted by atomic mass is 19.4. The van der Waals surface area contributed by atoms with E-state index in [1.807, 2.05) is 38.2 Å². The fraction of sp³-hybridized carbons (Fsp3) is 0.548. The number of likely N-dealkylation sites (tertiary alicyclic amines) is 1. The highest BCUT2D eigenvalue weighted by Crippen LogP contribution is 2.56. The lowest BCUT2D eigenvalue weighted by molar-refractivity contribution is -0.893. The Morgan fingerprint density at radius 3 is 2.17 bits per heavy atom. The van der Waals surface area contributed by atoms with Gasteiger partial charge in [-0.2, -0.15) is 26.3 Å². The Bertz CT molecular complexity index is 1330. The van der Waals surface area contributed by atoms with Gasteiger partial charge in [0.25, 0.3) is 0 Å². The molecule has 3 fully saturated rings. The summed E-state index contributed by atoms with van der Waals surface area (Å²) in [6.45, 7) is 3.42. The molecule has 5 rings (SSSR count). The summed E-state index contributed by atoms with van der Waals surface area (Å²) in [6, 6.07) is 7.72. The number of urea groups is 1. The molecule has 3 atom stereocenters. The number of aryl methyl sites for hydroxylation is 1. The van der Waals surface area contributed by atoms with Crippen LogP contribution in [0.15, 0.2) is 42.5 Å². The van der Waals surface area contributed by atoms with Gasteiger partial charge in [0.1, 0.15) is 6.04 Å². The van der Waals surface area contributed by atoms with Gasteiger partial charge in [0.05, 0.1) is 24.2 Å². The van der Waals surface area contributed by atoms with Crippen molar-refractivity contribution in [3.8, 4) is 0 Å². The molecule has 2 aromatic carbocycles. The maximum atomic E-state index is 14.5. The Labute approximate surface area is 241 Å². The van der Waals surface area contributed by atoms with Gasteiger partial charge in [-0.05, 0) is 69.2 Å². The van der Waals surface area contributed by atoms with E-state index in [9.17, 15) is 35.9 Å². The van der Waals surface area contributed by atoms with Gasteiger partial charge in [0.15, 0.2) is 11.8 Å². The summed E-state index contributed by atoms with van der Waals surface area (Å²) in [5.74, 6) is 0.0677. The van der Waals surface area contributed by atoms with Crippen LogP contribution in [0.1, 0.15) is 66.0 Å². The number of quaternary nitrogens is 1. The Kier molecular flexibility index (Phi) is 7.75. The maximum absolute atomic E-state index is 14.5. The lowest BCUT2D eigenvalue weighted by atomic mass is 9.64. The molecule has 0 N–H and O–H groups in total. The molecule has 2 aromatic rings. The van der Waals surface area contributed by atoms with Crippen molar-refractivity contribution in [3.63, 3.8) is 0 Å². The molecule has 3 saturated heterocycles. The molecular formula is C31H36F6N3O2+. The van der Waals surface area contributed by atoms with Crippen molar-refractivity contribution < 1.29 is 40.4 Å². The topological polar surface area (TPSA) is 40.6 Å². The van der Waals surface area contributed by atoms with Gasteiger partial charge in [-0.3, -0.25) is 9.69 Å². The molecule has 11 heteroatoms. The van der Waals surface area contributed by atoms with E-state index in [4.69, 9.17) is 0 Å². The summed E-state index contributed by atoms with van der Waals surface area (Å²) in [5, 5.41) is 0. The molecule has 3 aliphatic heterocycles. The zero-order valence-electron chi connectivity index (χ0n) is 24.0. The van der Waals surface area contributed by atoms with E-state index in [1.54, 1.807) is 0 Å². The smallest absolute Gasteiger partial charge is 0.306 e. The lowest BCUT2D eigenvalue weighted by Gasteiger charge is -2.54. The second-order valence-electron chi connectivity index (χ2n) is 12.4. The van der Waals surface area contributed by atoms with Crippen molar-refractivity contribution in [2.24, 2.45) is 5.41 Å². The summed E-state index contributed by atoms with van der Waals surface area (Å²) in [5.41, 5.74) is -1.76. The number of alkyl halides is 6. The molecule has 2 amide bonds. The number of piperidine rings is 2. The number of hydrogen-bond acceptors (Lipinski definition) is 3. The van der Waals surface area contributed by atoms with E-state index in [-0.39, 0.29) is 27.9 Å². The Balaban J connectivity index is 1.56. The Morgan fingerprint density at radius 1 is 1.00 bits per heavy atom. The number of hydrogen-bond donors (Lipinski definition) is 0. The van der Waals surface area contributed by atoms with E-state index in [0.29, 0.717) is 50.8 Å². The van der Waals surface area contributed by atoms with E-state index in [0.717, 1.165) is 24.2 Å². The van der Waals surface area contributed by atoms with Crippen LogP contribution < -0.4 is 0 Å². The van der Waals surface area contributed by atoms with Gasteiger partial charge in [0.2, 0.25) is 0 Å². The van der Waals surface area contributed by atoms with Crippen LogP contribution >= 0.6 is 0 Å². The van der Waals surface area contributed by atoms with Crippen molar-refractivity contribution in [2.45, 2.75) is 70.0 Å². The number of halogens is 6. The maximum Gasteiger partial charge on any atom is 0.420 e. The fourth-order valence-corrected chi connectivity index (χ4v) is 7.58. The van der Waals surface area contributed by atoms with E-state index in [1.165, 1.54) is 11.9 Å². The van der Waals surface area contributed by atoms with Crippen molar-refractivity contribution in [2.75, 3.05) is 33.7 Å². The Hall–Kier alpha value is -2.92. The van der Waals surface area contributed by atoms with E-state index >= 15 is 0 Å². The number of fused-ring (bicyclic) bond motifs is 1. The number of nitrogens with zero attached hydrogens (tertiary/aromatic N) is 3. The highest BCUT2D eigenvalue weighted by Gasteiger charge is 2.66. The largest absolute Gasteiger partial charge is 0.420 e. The molecule has 0 aromatic heterocycles. The number of benzene rings is 2. The molecule has 0 aliphatic carbocycles. The molecule has 228 valence electrons. The SMILES string of the molecule is Cc1ccccc1C1CC2(CCN(C)CC2)C(=O)C2CCC[N+]21C(=O)N(C)Cc1cc(C(F)(F)F)cc(C(F)(F)F)c1. The van der Waals surface area contributed by atoms with Crippen molar-refractivity contribution in [1.29, 1.82) is 0 Å². The number of amides is 2. The molecule has 42 heavy (non-hydrogen) atoms. The molecule has 3 aliphatic rings. The van der Waals surface area contributed by atoms with Crippen molar-refractivity contribution in [3.05, 3.63) is 70.3 Å². The van der Waals surface area contributed by atoms with Crippen LogP contribution in [-0.2, 0) is 23.7 Å². The van der Waals surface area contributed by atoms with Gasteiger partial charge in [-0.1, -0.05) is 24.3 Å². The van der Waals surface area contributed by atoms with Crippen molar-refractivity contribution >= 4 is 11.8 Å². The fourth-order valence-electron chi connectivity index (χ4n) is 7.58. The minimum absolute atomic E-state index is 0.0677. The second-order valence-corrected chi connectivity index (χ2v) is 12.4. The summed E-state index contributed by atoms with van der Waals surface area (Å²) in [6.07, 6.45) is -6.99. The van der Waals surface area contributed by atoms with Crippen molar-refractivity contribution in [1.82, 2.24) is 9.80 Å². The molecular weight excluding hydrogens is 560 g/mol. The predicted octanol–water partition coefficient (Wildman–Crippen LogP) is 6.99. The first kappa shape index (κ1) is 30.5. The van der Waals surface area contributed by atoms with E-state index < -0.39 is 47.5 Å². The van der Waals surface area contributed by atoms with Gasteiger partial charge in [0, 0.05) is 37.3 Å². The van der Waals surface area contributed by atoms with Gasteiger partial charge in [-0.15, -0.1) is 0 Å². The minimum Gasteiger partial charge on any atom is -0.306 e. The number of carbonyl (C=O) groups is 2. The molecule has 3 unspecified atom stereocenters. The third-order valence-corrected chi connectivity index (χ3v) is 9.77. The third kappa shape index (κ3) is 5.23. The molecule has 0 radical (unpaired) electrons. The van der Waals surface area contributed by atoms with Crippen LogP contribution in [-0.4, -0.2) is 65.9 Å². The number of carbonyl (C=O) groups excluding carboxylic acids is 2. The van der Waals surface area contributed by atoms with Crippen LogP contribution in [0.25, 0.3) is 0 Å². The molecule has 5 nitrogen and oxygen atoms in total. The third-order valence-electron chi connectivity index (χ3n) is 9.77. The lowest BCUT2D eigenvalue weighted by Crippen LogP contribution is -2.70. The standard InChI is InChI=1S/C31H36F6N3O2/c1-20-7-4-5-8-24(20)26-18-29(10-12-38(2)13-11-29)27(41)25-9-6-14-40(25,26)28(42)39(3)19-21-15-22(30(32,33)34)17-23(16-21)31(35,36)37/h4-5,7-8,15-17,25-26H,6,9-14,18-19H2,1-3H3/q+1. The summed E-state index contributed by atoms with van der Waals surface area (Å²) in [4.78, 5) is 32.2. The number of Topliss-reactive ketones (excluding diaryl/α,β-unsaturated/α-hetero) is 1. The van der Waals surface area contributed by atoms with Gasteiger partial charge in [-0.25, -0.2) is 9.28 Å². The molecule has 0 bridgehead atoms. The normalized spacial score (nSPS) is 26.4. The first-order valence-corrected chi connectivity index (χ1v) is 14.3. The minimum atomic E-state index is -4.99. The van der Waals surface area contributed by atoms with Crippen LogP contribution in [0.2, 0.25) is 0 Å². The van der Waals surface area contributed by atoms with Gasteiger partial charge < -0.3 is 4.90 Å². The summed E-state index contributed by atoms with van der Waals surface area (Å²) < 4.78 is 81.0. The van der Waals surface area contributed by atoms with Crippen LogP contribution in [0.5, 0.6) is 0 Å². The number of rotatable bonds is 3. The first-order valence-electron chi connectivity index (χ1n) is 14.3. The summed E-state index contributed by atoms with van der Waals surface area (Å²) in [7, 11) is 3.42. The average Bonchev–Trinajstić information content (AvgIpc) is 3.37. The second kappa shape index (κ2) is 10.7. The number of ketones is 1. The molecule has 1 spiro atoms. The Morgan fingerprint density at radius 2 is 1.60 bits per heavy atom. The van der Waals surface area contributed by atoms with Crippen LogP contribution in [0, 0.1) is 12.3 Å². The quantitative estimate of drug-likeness (QED) is 0.283. The highest BCUT2D eigenvalue weighted by molar-refractivity contribution is 5.92. The average molecular weight is 597 g/mol. The van der Waals surface area contributed by atoms with E-state index in [2.05, 4.69) is 4.90 Å². The zero-order valence-corrected chi connectivity index (χ0v) is 24.0. The summed E-state index contributed by atoms with van der Waals surface area (Å²) >= 11 is 0.